The number of benzene rings is 3. The molecule has 0 bridgehead atoms. The van der Waals surface area contributed by atoms with E-state index in [1.165, 1.54) is 5.56 Å². The van der Waals surface area contributed by atoms with Crippen LogP contribution < -0.4 is 20.9 Å². The molecule has 1 heterocycles. The molecule has 210 valence electrons. The van der Waals surface area contributed by atoms with E-state index >= 15 is 0 Å². The van der Waals surface area contributed by atoms with Crippen molar-refractivity contribution >= 4 is 51.7 Å². The van der Waals surface area contributed by atoms with E-state index in [4.69, 9.17) is 21.6 Å². The minimum atomic E-state index is 0.382. The van der Waals surface area contributed by atoms with E-state index in [1.807, 2.05) is 62.3 Å². The molecule has 1 aliphatic rings. The van der Waals surface area contributed by atoms with Gasteiger partial charge in [0.15, 0.2) is 0 Å². The Hall–Kier alpha value is -3.00. The van der Waals surface area contributed by atoms with Crippen molar-refractivity contribution in [3.8, 4) is 0 Å². The molecule has 3 N–H and O–H groups in total. The molecule has 5 rings (SSSR count). The molecule has 1 saturated carbocycles. The summed E-state index contributed by atoms with van der Waals surface area (Å²) in [4.78, 5) is 11.7. The van der Waals surface area contributed by atoms with Crippen LogP contribution in [0.4, 0.5) is 17.5 Å². The zero-order chi connectivity index (χ0) is 27.7. The first kappa shape index (κ1) is 28.5. The molecule has 3 aromatic carbocycles. The summed E-state index contributed by atoms with van der Waals surface area (Å²) in [6, 6.07) is 27.9. The fourth-order valence-electron chi connectivity index (χ4n) is 5.27. The van der Waals surface area contributed by atoms with Gasteiger partial charge in [-0.15, -0.1) is 0 Å². The molecular weight excluding hydrogens is 536 g/mol. The number of nitrogens with zero attached hydrogens (tertiary/aromatic N) is 3. The maximum Gasteiger partial charge on any atom is 0.225 e. The molecule has 0 saturated heterocycles. The third-order valence-corrected chi connectivity index (χ3v) is 8.96. The predicted octanol–water partition coefficient (Wildman–Crippen LogP) is 7.25. The number of anilines is 3. The fraction of sp³-hybridized carbons (Fsp3) is 0.375. The number of thioether (sulfide) groups is 1. The van der Waals surface area contributed by atoms with Gasteiger partial charge in [0.05, 0.1) is 5.52 Å². The van der Waals surface area contributed by atoms with Crippen molar-refractivity contribution in [3.63, 3.8) is 0 Å². The Morgan fingerprint density at radius 3 is 2.33 bits per heavy atom. The van der Waals surface area contributed by atoms with Crippen molar-refractivity contribution in [2.75, 3.05) is 48.5 Å². The summed E-state index contributed by atoms with van der Waals surface area (Å²) in [6.07, 6.45) is 4.57. The first-order valence-corrected chi connectivity index (χ1v) is 15.6. The second-order valence-electron chi connectivity index (χ2n) is 10.6. The number of halogens is 1. The lowest BCUT2D eigenvalue weighted by Crippen LogP contribution is -2.38. The lowest BCUT2D eigenvalue weighted by molar-refractivity contribution is 0.359. The third kappa shape index (κ3) is 7.80. The van der Waals surface area contributed by atoms with Gasteiger partial charge in [0.1, 0.15) is 5.82 Å². The molecule has 1 fully saturated rings. The van der Waals surface area contributed by atoms with E-state index in [0.29, 0.717) is 17.3 Å². The van der Waals surface area contributed by atoms with Crippen molar-refractivity contribution < 1.29 is 0 Å². The van der Waals surface area contributed by atoms with Crippen LogP contribution in [0, 0.1) is 0 Å². The fourth-order valence-corrected chi connectivity index (χ4v) is 6.47. The number of rotatable bonds is 12. The summed E-state index contributed by atoms with van der Waals surface area (Å²) in [5.41, 5.74) is 3.43. The molecule has 8 heteroatoms. The van der Waals surface area contributed by atoms with Gasteiger partial charge in [-0.25, -0.2) is 4.98 Å². The number of nitrogens with one attached hydrogen (secondary N) is 3. The summed E-state index contributed by atoms with van der Waals surface area (Å²) >= 11 is 8.06. The Labute approximate surface area is 247 Å². The smallest absolute Gasteiger partial charge is 0.225 e. The number of aromatic nitrogens is 2. The van der Waals surface area contributed by atoms with Gasteiger partial charge < -0.3 is 20.9 Å². The lowest BCUT2D eigenvalue weighted by Gasteiger charge is -2.30. The number of hydrogen-bond acceptors (Lipinski definition) is 7. The molecule has 0 spiro atoms. The predicted molar refractivity (Wildman–Crippen MR) is 173 cm³/mol. The van der Waals surface area contributed by atoms with E-state index in [9.17, 15) is 0 Å². The Kier molecular flexibility index (Phi) is 10.0. The van der Waals surface area contributed by atoms with Gasteiger partial charge in [-0.05, 0) is 67.6 Å². The lowest BCUT2D eigenvalue weighted by atomic mass is 9.91. The molecule has 1 unspecified atom stereocenters. The van der Waals surface area contributed by atoms with Gasteiger partial charge in [0.25, 0.3) is 0 Å². The van der Waals surface area contributed by atoms with E-state index in [0.717, 1.165) is 77.9 Å². The van der Waals surface area contributed by atoms with Crippen LogP contribution in [0.1, 0.15) is 36.5 Å². The molecule has 1 aliphatic carbocycles. The van der Waals surface area contributed by atoms with E-state index in [2.05, 4.69) is 63.3 Å². The highest BCUT2D eigenvalue weighted by Crippen LogP contribution is 2.30. The van der Waals surface area contributed by atoms with Crippen LogP contribution in [0.2, 0.25) is 5.02 Å². The van der Waals surface area contributed by atoms with Crippen molar-refractivity contribution in [2.45, 2.75) is 43.0 Å². The molecular formula is C32H39ClN6S. The Balaban J connectivity index is 1.07. The zero-order valence-electron chi connectivity index (χ0n) is 23.3. The van der Waals surface area contributed by atoms with E-state index < -0.39 is 0 Å². The highest BCUT2D eigenvalue weighted by molar-refractivity contribution is 7.99. The average Bonchev–Trinajstić information content (AvgIpc) is 2.98. The van der Waals surface area contributed by atoms with Crippen LogP contribution in [-0.2, 0) is 0 Å². The number of hydrogen-bond donors (Lipinski definition) is 3. The van der Waals surface area contributed by atoms with Gasteiger partial charge in [-0.3, -0.25) is 0 Å². The van der Waals surface area contributed by atoms with Gasteiger partial charge >= 0.3 is 0 Å². The molecule has 40 heavy (non-hydrogen) atoms. The molecule has 0 aliphatic heterocycles. The van der Waals surface area contributed by atoms with Crippen LogP contribution in [-0.4, -0.2) is 55.0 Å². The van der Waals surface area contributed by atoms with Gasteiger partial charge in [-0.2, -0.15) is 16.7 Å². The second kappa shape index (κ2) is 14.1. The van der Waals surface area contributed by atoms with Crippen molar-refractivity contribution in [3.05, 3.63) is 89.4 Å². The number of para-hydroxylation sites is 1. The summed E-state index contributed by atoms with van der Waals surface area (Å²) in [6.45, 7) is 1.89. The minimum absolute atomic E-state index is 0.382. The Morgan fingerprint density at radius 2 is 1.57 bits per heavy atom. The highest BCUT2D eigenvalue weighted by Gasteiger charge is 2.22. The van der Waals surface area contributed by atoms with Crippen molar-refractivity contribution in [1.29, 1.82) is 0 Å². The van der Waals surface area contributed by atoms with Gasteiger partial charge in [0.2, 0.25) is 5.95 Å². The number of fused-ring (bicyclic) bond motifs is 1. The minimum Gasteiger partial charge on any atom is -0.384 e. The standard InChI is InChI=1S/C32H39ClN6S/c1-39(2)31-28-10-6-7-11-29(28)37-32(38-31)36-27-18-16-25(17-19-27)34-20-21-40-30(23-8-4-3-5-9-23)22-35-26-14-12-24(33)13-15-26/h3-15,25,27,30,34-35H,16-22H2,1-2H3,(H,36,37,38). The maximum atomic E-state index is 6.05. The van der Waals surface area contributed by atoms with Gasteiger partial charge in [0, 0.05) is 66.4 Å². The largest absolute Gasteiger partial charge is 0.384 e. The quantitative estimate of drug-likeness (QED) is 0.154. The van der Waals surface area contributed by atoms with Crippen LogP contribution in [0.25, 0.3) is 10.9 Å². The van der Waals surface area contributed by atoms with Crippen molar-refractivity contribution in [2.24, 2.45) is 0 Å². The van der Waals surface area contributed by atoms with E-state index in [1.54, 1.807) is 0 Å². The Bertz CT molecular complexity index is 1340. The molecule has 0 amide bonds. The summed E-state index contributed by atoms with van der Waals surface area (Å²) < 4.78 is 0. The summed E-state index contributed by atoms with van der Waals surface area (Å²) in [7, 11) is 4.07. The highest BCUT2D eigenvalue weighted by atomic mass is 35.5. The van der Waals surface area contributed by atoms with Crippen LogP contribution in [0.3, 0.4) is 0 Å². The summed E-state index contributed by atoms with van der Waals surface area (Å²) in [5.74, 6) is 2.76. The maximum absolute atomic E-state index is 6.05. The van der Waals surface area contributed by atoms with Crippen LogP contribution in [0.15, 0.2) is 78.9 Å². The van der Waals surface area contributed by atoms with Gasteiger partial charge in [-0.1, -0.05) is 54.1 Å². The SMILES string of the molecule is CN(C)c1nc(NC2CCC(NCCSC(CNc3ccc(Cl)cc3)c3ccccc3)CC2)nc2ccccc12. The zero-order valence-corrected chi connectivity index (χ0v) is 24.9. The molecule has 4 aromatic rings. The molecule has 6 nitrogen and oxygen atoms in total. The van der Waals surface area contributed by atoms with Crippen molar-refractivity contribution in [1.82, 2.24) is 15.3 Å². The summed E-state index contributed by atoms with van der Waals surface area (Å²) in [5, 5.41) is 13.3. The first-order chi connectivity index (χ1) is 19.5. The van der Waals surface area contributed by atoms with Crippen LogP contribution in [0.5, 0.6) is 0 Å². The Morgan fingerprint density at radius 1 is 0.875 bits per heavy atom. The third-order valence-electron chi connectivity index (χ3n) is 7.43. The van der Waals surface area contributed by atoms with Crippen LogP contribution >= 0.6 is 23.4 Å². The molecule has 1 aromatic heterocycles. The van der Waals surface area contributed by atoms with E-state index in [-0.39, 0.29) is 0 Å². The molecule has 1 atom stereocenters. The topological polar surface area (TPSA) is 65.1 Å². The normalized spacial score (nSPS) is 17.9. The first-order valence-electron chi connectivity index (χ1n) is 14.1. The monoisotopic (exact) mass is 574 g/mol. The molecule has 0 radical (unpaired) electrons. The second-order valence-corrected chi connectivity index (χ2v) is 12.3. The average molecular weight is 575 g/mol.